The monoisotopic (exact) mass is 115 g/mol. The molecule has 2 heteroatoms. The Bertz CT molecular complexity index is 88.5. The molecule has 0 aromatic rings. The van der Waals surface area contributed by atoms with Crippen molar-refractivity contribution in [1.29, 1.82) is 0 Å². The third-order valence-electron chi connectivity index (χ3n) is 1.27. The molecule has 0 aliphatic carbocycles. The second-order valence-electron chi connectivity index (χ2n) is 2.22. The van der Waals surface area contributed by atoms with Crippen LogP contribution in [-0.2, 0) is 4.79 Å². The van der Waals surface area contributed by atoms with Gasteiger partial charge in [-0.3, -0.25) is 4.79 Å². The zero-order valence-corrected chi connectivity index (χ0v) is 5.93. The van der Waals surface area contributed by atoms with Crippen LogP contribution in [-0.4, -0.2) is 23.9 Å². The summed E-state index contributed by atoms with van der Waals surface area (Å²) in [6.45, 7) is 5.54. The van der Waals surface area contributed by atoms with E-state index in [-0.39, 0.29) is 5.91 Å². The van der Waals surface area contributed by atoms with E-state index < -0.39 is 0 Å². The molecule has 0 saturated heterocycles. The molecule has 0 heterocycles. The van der Waals surface area contributed by atoms with Crippen molar-refractivity contribution >= 4 is 5.91 Å². The van der Waals surface area contributed by atoms with Crippen molar-refractivity contribution < 1.29 is 4.79 Å². The Morgan fingerprint density at radius 2 is 1.88 bits per heavy atom. The number of hydrogen-bond acceptors (Lipinski definition) is 1. The highest BCUT2D eigenvalue weighted by Gasteiger charge is 2.03. The van der Waals surface area contributed by atoms with Gasteiger partial charge in [-0.25, -0.2) is 0 Å². The number of amides is 1. The van der Waals surface area contributed by atoms with E-state index in [9.17, 15) is 4.79 Å². The zero-order chi connectivity index (χ0) is 6.73. The molecule has 8 heavy (non-hydrogen) atoms. The van der Waals surface area contributed by atoms with Crippen LogP contribution in [0, 0.1) is 0 Å². The number of carbonyl (C=O) groups is 1. The molecule has 0 N–H and O–H groups in total. The molecule has 0 fully saturated rings. The van der Waals surface area contributed by atoms with Crippen LogP contribution in [0.3, 0.4) is 0 Å². The van der Waals surface area contributed by atoms with Gasteiger partial charge in [0.2, 0.25) is 5.91 Å². The molecule has 0 radical (unpaired) electrons. The van der Waals surface area contributed by atoms with E-state index in [0.29, 0.717) is 6.04 Å². The van der Waals surface area contributed by atoms with Crippen molar-refractivity contribution in [2.24, 2.45) is 0 Å². The summed E-state index contributed by atoms with van der Waals surface area (Å²) in [5.74, 6) is 0.125. The normalized spacial score (nSPS) is 9.62. The van der Waals surface area contributed by atoms with Gasteiger partial charge >= 0.3 is 0 Å². The van der Waals surface area contributed by atoms with Gasteiger partial charge < -0.3 is 4.90 Å². The smallest absolute Gasteiger partial charge is 0.219 e. The molecular formula is C6H13NO. The number of hydrogen-bond donors (Lipinski definition) is 0. The van der Waals surface area contributed by atoms with Crippen molar-refractivity contribution in [3.63, 3.8) is 0 Å². The SMILES string of the molecule is CC(=O)N(C)C(C)C. The van der Waals surface area contributed by atoms with Gasteiger partial charge in [-0.2, -0.15) is 0 Å². The molecule has 0 spiro atoms. The van der Waals surface area contributed by atoms with E-state index in [1.807, 2.05) is 13.8 Å². The van der Waals surface area contributed by atoms with E-state index in [0.717, 1.165) is 0 Å². The van der Waals surface area contributed by atoms with Gasteiger partial charge in [-0.1, -0.05) is 0 Å². The summed E-state index contributed by atoms with van der Waals surface area (Å²) in [4.78, 5) is 12.2. The summed E-state index contributed by atoms with van der Waals surface area (Å²) in [6.07, 6.45) is 0. The van der Waals surface area contributed by atoms with Crippen LogP contribution in [0.5, 0.6) is 0 Å². The standard InChI is InChI=1S/C6H13NO/c1-5(2)7(4)6(3)8/h5H,1-4H3. The Morgan fingerprint density at radius 1 is 1.50 bits per heavy atom. The zero-order valence-electron chi connectivity index (χ0n) is 5.93. The molecule has 1 amide bonds. The highest BCUT2D eigenvalue weighted by molar-refractivity contribution is 5.73. The van der Waals surface area contributed by atoms with Crippen molar-refractivity contribution in [2.45, 2.75) is 26.8 Å². The maximum Gasteiger partial charge on any atom is 0.219 e. The predicted octanol–water partition coefficient (Wildman–Crippen LogP) is 0.873. The van der Waals surface area contributed by atoms with E-state index in [4.69, 9.17) is 0 Å². The van der Waals surface area contributed by atoms with Gasteiger partial charge in [-0.05, 0) is 13.8 Å². The van der Waals surface area contributed by atoms with E-state index >= 15 is 0 Å². The molecule has 0 aliphatic rings. The van der Waals surface area contributed by atoms with Crippen LogP contribution >= 0.6 is 0 Å². The molecule has 0 aliphatic heterocycles. The summed E-state index contributed by atoms with van der Waals surface area (Å²) in [5.41, 5.74) is 0. The third kappa shape index (κ3) is 1.96. The van der Waals surface area contributed by atoms with Gasteiger partial charge in [0.25, 0.3) is 0 Å². The summed E-state index contributed by atoms with van der Waals surface area (Å²) in [6, 6.07) is 0.326. The largest absolute Gasteiger partial charge is 0.344 e. The van der Waals surface area contributed by atoms with E-state index in [1.165, 1.54) is 0 Å². The molecule has 2 nitrogen and oxygen atoms in total. The minimum absolute atomic E-state index is 0.125. The third-order valence-corrected chi connectivity index (χ3v) is 1.27. The first kappa shape index (κ1) is 7.47. The molecule has 0 aromatic heterocycles. The average Bonchev–Trinajstić information content (AvgIpc) is 1.64. The summed E-state index contributed by atoms with van der Waals surface area (Å²) < 4.78 is 0. The van der Waals surface area contributed by atoms with Gasteiger partial charge in [0.1, 0.15) is 0 Å². The molecule has 0 atom stereocenters. The summed E-state index contributed by atoms with van der Waals surface area (Å²) >= 11 is 0. The second-order valence-corrected chi connectivity index (χ2v) is 2.22. The van der Waals surface area contributed by atoms with Crippen LogP contribution in [0.2, 0.25) is 0 Å². The summed E-state index contributed by atoms with van der Waals surface area (Å²) in [5, 5.41) is 0. The molecule has 0 aromatic carbocycles. The number of nitrogens with zero attached hydrogens (tertiary/aromatic N) is 1. The maximum atomic E-state index is 10.5. The van der Waals surface area contributed by atoms with Crippen LogP contribution in [0.25, 0.3) is 0 Å². The molecule has 0 unspecified atom stereocenters. The van der Waals surface area contributed by atoms with Crippen molar-refractivity contribution in [1.82, 2.24) is 4.90 Å². The fraction of sp³-hybridized carbons (Fsp3) is 0.833. The Hall–Kier alpha value is -0.530. The number of carbonyl (C=O) groups excluding carboxylic acids is 1. The van der Waals surface area contributed by atoms with Gasteiger partial charge in [0, 0.05) is 20.0 Å². The van der Waals surface area contributed by atoms with Crippen LogP contribution < -0.4 is 0 Å². The second kappa shape index (κ2) is 2.70. The first-order chi connectivity index (χ1) is 3.55. The quantitative estimate of drug-likeness (QED) is 0.496. The predicted molar refractivity (Wildman–Crippen MR) is 33.6 cm³/mol. The Kier molecular flexibility index (Phi) is 2.52. The lowest BCUT2D eigenvalue weighted by molar-refractivity contribution is -0.128. The topological polar surface area (TPSA) is 20.3 Å². The van der Waals surface area contributed by atoms with Gasteiger partial charge in [-0.15, -0.1) is 0 Å². The van der Waals surface area contributed by atoms with Gasteiger partial charge in [0.05, 0.1) is 0 Å². The first-order valence-corrected chi connectivity index (χ1v) is 2.79. The van der Waals surface area contributed by atoms with E-state index in [2.05, 4.69) is 0 Å². The Balaban J connectivity index is 3.64. The van der Waals surface area contributed by atoms with E-state index in [1.54, 1.807) is 18.9 Å². The molecular weight excluding hydrogens is 102 g/mol. The lowest BCUT2D eigenvalue weighted by Crippen LogP contribution is -2.30. The molecule has 0 saturated carbocycles. The Morgan fingerprint density at radius 3 is 1.88 bits per heavy atom. The maximum absolute atomic E-state index is 10.5. The average molecular weight is 115 g/mol. The minimum atomic E-state index is 0.125. The van der Waals surface area contributed by atoms with Crippen LogP contribution in [0.15, 0.2) is 0 Å². The highest BCUT2D eigenvalue weighted by atomic mass is 16.2. The molecule has 0 rings (SSSR count). The van der Waals surface area contributed by atoms with Crippen LogP contribution in [0.4, 0.5) is 0 Å². The van der Waals surface area contributed by atoms with Crippen molar-refractivity contribution in [3.8, 4) is 0 Å². The Labute approximate surface area is 50.5 Å². The van der Waals surface area contributed by atoms with Crippen LogP contribution in [0.1, 0.15) is 20.8 Å². The fourth-order valence-electron chi connectivity index (χ4n) is 0.364. The molecule has 0 bridgehead atoms. The van der Waals surface area contributed by atoms with Crippen molar-refractivity contribution in [3.05, 3.63) is 0 Å². The first-order valence-electron chi connectivity index (χ1n) is 2.79. The van der Waals surface area contributed by atoms with Gasteiger partial charge in [0.15, 0.2) is 0 Å². The lowest BCUT2D eigenvalue weighted by Gasteiger charge is -2.18. The lowest BCUT2D eigenvalue weighted by atomic mass is 10.3. The summed E-state index contributed by atoms with van der Waals surface area (Å²) in [7, 11) is 1.80. The highest BCUT2D eigenvalue weighted by Crippen LogP contribution is 1.91. The minimum Gasteiger partial charge on any atom is -0.344 e. The van der Waals surface area contributed by atoms with Crippen molar-refractivity contribution in [2.75, 3.05) is 7.05 Å². The molecule has 48 valence electrons. The fourth-order valence-corrected chi connectivity index (χ4v) is 0.364. The number of rotatable bonds is 1.